The van der Waals surface area contributed by atoms with Gasteiger partial charge in [-0.1, -0.05) is 12.5 Å². The molecule has 0 aliphatic heterocycles. The average Bonchev–Trinajstić information content (AvgIpc) is 2.27. The number of amides is 1. The van der Waals surface area contributed by atoms with E-state index in [4.69, 9.17) is 4.74 Å². The first kappa shape index (κ1) is 13.9. The van der Waals surface area contributed by atoms with Gasteiger partial charge in [-0.2, -0.15) is 0 Å². The molecule has 0 bridgehead atoms. The molecule has 4 heteroatoms. The van der Waals surface area contributed by atoms with Crippen LogP contribution in [0.1, 0.15) is 30.4 Å². The van der Waals surface area contributed by atoms with Gasteiger partial charge in [0.15, 0.2) is 0 Å². The summed E-state index contributed by atoms with van der Waals surface area (Å²) < 4.78 is 5.35. The molecule has 1 fully saturated rings. The summed E-state index contributed by atoms with van der Waals surface area (Å²) in [6.07, 6.45) is 2.50. The van der Waals surface area contributed by atoms with Crippen molar-refractivity contribution in [2.24, 2.45) is 5.41 Å². The van der Waals surface area contributed by atoms with E-state index in [0.717, 1.165) is 30.4 Å². The Morgan fingerprint density at radius 1 is 1.42 bits per heavy atom. The number of anilines is 1. The summed E-state index contributed by atoms with van der Waals surface area (Å²) in [4.78, 5) is 12.3. The quantitative estimate of drug-likeness (QED) is 0.877. The topological polar surface area (TPSA) is 58.6 Å². The second-order valence-corrected chi connectivity index (χ2v) is 5.41. The minimum Gasteiger partial charge on any atom is -0.494 e. The third-order valence-corrected chi connectivity index (χ3v) is 3.97. The van der Waals surface area contributed by atoms with Crippen molar-refractivity contribution in [2.45, 2.75) is 33.1 Å². The number of hydrogen-bond donors (Lipinski definition) is 2. The molecule has 0 unspecified atom stereocenters. The fourth-order valence-electron chi connectivity index (χ4n) is 2.63. The highest BCUT2D eigenvalue weighted by Gasteiger charge is 2.43. The maximum atomic E-state index is 12.3. The molecule has 2 N–H and O–H groups in total. The Kier molecular flexibility index (Phi) is 3.80. The van der Waals surface area contributed by atoms with Gasteiger partial charge in [0.05, 0.1) is 24.8 Å². The zero-order valence-electron chi connectivity index (χ0n) is 11.7. The molecule has 0 spiro atoms. The highest BCUT2D eigenvalue weighted by Crippen LogP contribution is 2.42. The van der Waals surface area contributed by atoms with Crippen LogP contribution >= 0.6 is 0 Å². The van der Waals surface area contributed by atoms with Gasteiger partial charge in [0.2, 0.25) is 5.91 Å². The van der Waals surface area contributed by atoms with E-state index in [-0.39, 0.29) is 12.5 Å². The van der Waals surface area contributed by atoms with Crippen LogP contribution in [-0.2, 0) is 4.79 Å². The summed E-state index contributed by atoms with van der Waals surface area (Å²) >= 11 is 0. The number of methoxy groups -OCH3 is 1. The van der Waals surface area contributed by atoms with Crippen molar-refractivity contribution in [3.8, 4) is 5.75 Å². The van der Waals surface area contributed by atoms with Gasteiger partial charge in [-0.3, -0.25) is 4.79 Å². The van der Waals surface area contributed by atoms with E-state index < -0.39 is 5.41 Å². The van der Waals surface area contributed by atoms with Crippen LogP contribution in [0.25, 0.3) is 0 Å². The molecule has 1 aliphatic carbocycles. The van der Waals surface area contributed by atoms with Crippen LogP contribution in [0.4, 0.5) is 5.69 Å². The van der Waals surface area contributed by atoms with Crippen LogP contribution in [-0.4, -0.2) is 24.7 Å². The van der Waals surface area contributed by atoms with Crippen LogP contribution in [0, 0.1) is 19.3 Å². The normalized spacial score (nSPS) is 16.6. The lowest BCUT2D eigenvalue weighted by Gasteiger charge is -2.38. The van der Waals surface area contributed by atoms with Gasteiger partial charge >= 0.3 is 0 Å². The van der Waals surface area contributed by atoms with Gasteiger partial charge in [-0.05, 0) is 43.9 Å². The van der Waals surface area contributed by atoms with E-state index in [0.29, 0.717) is 11.4 Å². The van der Waals surface area contributed by atoms with Crippen LogP contribution in [0.5, 0.6) is 5.75 Å². The maximum absolute atomic E-state index is 12.3. The number of rotatable bonds is 4. The Labute approximate surface area is 113 Å². The van der Waals surface area contributed by atoms with Crippen molar-refractivity contribution in [1.29, 1.82) is 0 Å². The molecule has 1 aromatic carbocycles. The number of carbonyl (C=O) groups is 1. The molecule has 0 radical (unpaired) electrons. The van der Waals surface area contributed by atoms with E-state index in [9.17, 15) is 9.90 Å². The molecule has 0 saturated heterocycles. The molecule has 4 nitrogen and oxygen atoms in total. The molecule has 2 rings (SSSR count). The third-order valence-electron chi connectivity index (χ3n) is 3.97. The minimum atomic E-state index is -0.595. The third kappa shape index (κ3) is 2.45. The minimum absolute atomic E-state index is 0.0913. The molecule has 1 aromatic rings. The predicted octanol–water partition coefficient (Wildman–Crippen LogP) is 2.41. The predicted molar refractivity (Wildman–Crippen MR) is 74.5 cm³/mol. The van der Waals surface area contributed by atoms with Crippen LogP contribution in [0.3, 0.4) is 0 Å². The monoisotopic (exact) mass is 263 g/mol. The average molecular weight is 263 g/mol. The Hall–Kier alpha value is -1.55. The molecule has 0 heterocycles. The molecular weight excluding hydrogens is 242 g/mol. The summed E-state index contributed by atoms with van der Waals surface area (Å²) in [5, 5.41) is 12.3. The molecular formula is C15H21NO3. The number of benzene rings is 1. The molecule has 1 aliphatic rings. The lowest BCUT2D eigenvalue weighted by atomic mass is 9.68. The van der Waals surface area contributed by atoms with Crippen molar-refractivity contribution in [3.05, 3.63) is 23.3 Å². The van der Waals surface area contributed by atoms with Crippen LogP contribution in [0.15, 0.2) is 12.1 Å². The summed E-state index contributed by atoms with van der Waals surface area (Å²) in [5.41, 5.74) is 2.15. The fourth-order valence-corrected chi connectivity index (χ4v) is 2.63. The Bertz CT molecular complexity index is 487. The first-order valence-corrected chi connectivity index (χ1v) is 6.60. The Morgan fingerprint density at radius 2 is 2.11 bits per heavy atom. The maximum Gasteiger partial charge on any atom is 0.233 e. The highest BCUT2D eigenvalue weighted by molar-refractivity contribution is 5.97. The molecule has 104 valence electrons. The van der Waals surface area contributed by atoms with Crippen molar-refractivity contribution < 1.29 is 14.6 Å². The number of carbonyl (C=O) groups excluding carboxylic acids is 1. The first-order valence-electron chi connectivity index (χ1n) is 6.60. The number of aliphatic hydroxyl groups excluding tert-OH is 1. The number of aryl methyl sites for hydroxylation is 2. The van der Waals surface area contributed by atoms with Crippen molar-refractivity contribution >= 4 is 11.6 Å². The Morgan fingerprint density at radius 3 is 2.58 bits per heavy atom. The second-order valence-electron chi connectivity index (χ2n) is 5.41. The first-order chi connectivity index (χ1) is 9.02. The highest BCUT2D eigenvalue weighted by atomic mass is 16.5. The zero-order valence-corrected chi connectivity index (χ0v) is 11.7. The standard InChI is InChI=1S/C15H21NO3/c1-10-7-11(2)13(19-3)12(8-10)16-14(18)15(9-17)5-4-6-15/h7-8,17H,4-6,9H2,1-3H3,(H,16,18). The number of hydrogen-bond acceptors (Lipinski definition) is 3. The van der Waals surface area contributed by atoms with Gasteiger partial charge in [-0.25, -0.2) is 0 Å². The van der Waals surface area contributed by atoms with Crippen LogP contribution in [0.2, 0.25) is 0 Å². The second kappa shape index (κ2) is 5.21. The molecule has 1 saturated carbocycles. The van der Waals surface area contributed by atoms with E-state index >= 15 is 0 Å². The van der Waals surface area contributed by atoms with Gasteiger partial charge in [0.25, 0.3) is 0 Å². The zero-order chi connectivity index (χ0) is 14.0. The summed E-state index contributed by atoms with van der Waals surface area (Å²) in [7, 11) is 1.60. The number of aliphatic hydroxyl groups is 1. The molecule has 1 amide bonds. The van der Waals surface area contributed by atoms with E-state index in [1.165, 1.54) is 0 Å². The fraction of sp³-hybridized carbons (Fsp3) is 0.533. The summed E-state index contributed by atoms with van der Waals surface area (Å²) in [6, 6.07) is 3.91. The van der Waals surface area contributed by atoms with E-state index in [1.54, 1.807) is 7.11 Å². The lowest BCUT2D eigenvalue weighted by Crippen LogP contribution is -2.44. The van der Waals surface area contributed by atoms with Gasteiger partial charge in [-0.15, -0.1) is 0 Å². The molecule has 0 aromatic heterocycles. The van der Waals surface area contributed by atoms with Crippen molar-refractivity contribution in [3.63, 3.8) is 0 Å². The van der Waals surface area contributed by atoms with Crippen LogP contribution < -0.4 is 10.1 Å². The van der Waals surface area contributed by atoms with E-state index in [1.807, 2.05) is 26.0 Å². The summed E-state index contributed by atoms with van der Waals surface area (Å²) in [6.45, 7) is 3.84. The SMILES string of the molecule is COc1c(C)cc(C)cc1NC(=O)C1(CO)CCC1. The number of nitrogens with one attached hydrogen (secondary N) is 1. The van der Waals surface area contributed by atoms with Gasteiger partial charge in [0.1, 0.15) is 5.75 Å². The Balaban J connectivity index is 2.26. The smallest absolute Gasteiger partial charge is 0.233 e. The lowest BCUT2D eigenvalue weighted by molar-refractivity contribution is -0.133. The molecule has 0 atom stereocenters. The van der Waals surface area contributed by atoms with E-state index in [2.05, 4.69) is 5.32 Å². The van der Waals surface area contributed by atoms with Gasteiger partial charge in [0, 0.05) is 0 Å². The van der Waals surface area contributed by atoms with Crippen molar-refractivity contribution in [1.82, 2.24) is 0 Å². The van der Waals surface area contributed by atoms with Crippen molar-refractivity contribution in [2.75, 3.05) is 19.0 Å². The molecule has 19 heavy (non-hydrogen) atoms. The largest absolute Gasteiger partial charge is 0.494 e. The summed E-state index contributed by atoms with van der Waals surface area (Å²) in [5.74, 6) is 0.580. The number of ether oxygens (including phenoxy) is 1. The van der Waals surface area contributed by atoms with Gasteiger partial charge < -0.3 is 15.2 Å².